The molecule has 0 saturated carbocycles. The summed E-state index contributed by atoms with van der Waals surface area (Å²) in [5, 5.41) is 2.80. The van der Waals surface area contributed by atoms with E-state index in [0.29, 0.717) is 18.2 Å². The van der Waals surface area contributed by atoms with Crippen LogP contribution >= 0.6 is 0 Å². The Balaban J connectivity index is 1.95. The van der Waals surface area contributed by atoms with Crippen LogP contribution in [0.4, 0.5) is 4.79 Å². The number of nitrogens with one attached hydrogen (secondary N) is 1. The lowest BCUT2D eigenvalue weighted by molar-refractivity contribution is -0.127. The van der Waals surface area contributed by atoms with E-state index in [4.69, 9.17) is 9.47 Å². The summed E-state index contributed by atoms with van der Waals surface area (Å²) in [5.74, 6) is 0.526. The van der Waals surface area contributed by atoms with E-state index in [0.717, 1.165) is 0 Å². The van der Waals surface area contributed by atoms with Crippen LogP contribution in [0.5, 0.6) is 5.75 Å². The maximum absolute atomic E-state index is 12.9. The van der Waals surface area contributed by atoms with Gasteiger partial charge in [-0.2, -0.15) is 4.31 Å². The molecular weight excluding hydrogens is 410 g/mol. The molecule has 1 N–H and O–H groups in total. The summed E-state index contributed by atoms with van der Waals surface area (Å²) in [6.45, 7) is 9.18. The summed E-state index contributed by atoms with van der Waals surface area (Å²) < 4.78 is 37.6. The van der Waals surface area contributed by atoms with Gasteiger partial charge in [-0.05, 0) is 44.0 Å². The maximum atomic E-state index is 12.9. The normalized spacial score (nSPS) is 16.2. The second-order valence-corrected chi connectivity index (χ2v) is 9.40. The van der Waals surface area contributed by atoms with Crippen molar-refractivity contribution in [2.75, 3.05) is 39.3 Å². The van der Waals surface area contributed by atoms with Crippen molar-refractivity contribution in [3.8, 4) is 5.75 Å². The smallest absolute Gasteiger partial charge is 0.409 e. The van der Waals surface area contributed by atoms with Gasteiger partial charge in [-0.25, -0.2) is 13.2 Å². The Kier molecular flexibility index (Phi) is 8.48. The molecule has 1 fully saturated rings. The number of carbonyl (C=O) groups is 2. The van der Waals surface area contributed by atoms with Crippen molar-refractivity contribution in [3.05, 3.63) is 24.3 Å². The molecule has 1 heterocycles. The zero-order chi connectivity index (χ0) is 22.3. The van der Waals surface area contributed by atoms with Gasteiger partial charge in [-0.3, -0.25) is 4.79 Å². The van der Waals surface area contributed by atoms with Crippen molar-refractivity contribution in [2.24, 2.45) is 5.92 Å². The predicted molar refractivity (Wildman–Crippen MR) is 112 cm³/mol. The zero-order valence-corrected chi connectivity index (χ0v) is 18.8. The topological polar surface area (TPSA) is 105 Å². The Morgan fingerprint density at radius 3 is 2.20 bits per heavy atom. The fraction of sp³-hybridized carbons (Fsp3) is 0.600. The first kappa shape index (κ1) is 23.9. The van der Waals surface area contributed by atoms with E-state index in [9.17, 15) is 18.0 Å². The molecule has 0 unspecified atom stereocenters. The SMILES string of the molecule is CCOC(=O)N1CCN(S(=O)(=O)c2ccc(O[C@@H](C)C(=O)NCC(C)C)cc2)CC1. The molecule has 9 nitrogen and oxygen atoms in total. The molecule has 1 atom stereocenters. The van der Waals surface area contributed by atoms with Crippen LogP contribution in [-0.4, -0.2) is 75.1 Å². The predicted octanol–water partition coefficient (Wildman–Crippen LogP) is 1.69. The number of piperazine rings is 1. The number of rotatable bonds is 8. The van der Waals surface area contributed by atoms with Crippen LogP contribution in [0.1, 0.15) is 27.7 Å². The van der Waals surface area contributed by atoms with Gasteiger partial charge in [0.25, 0.3) is 5.91 Å². The lowest BCUT2D eigenvalue weighted by Crippen LogP contribution is -2.50. The molecule has 30 heavy (non-hydrogen) atoms. The number of benzene rings is 1. The Morgan fingerprint density at radius 1 is 1.07 bits per heavy atom. The van der Waals surface area contributed by atoms with Crippen LogP contribution in [0.2, 0.25) is 0 Å². The van der Waals surface area contributed by atoms with Gasteiger partial charge in [-0.15, -0.1) is 0 Å². The summed E-state index contributed by atoms with van der Waals surface area (Å²) >= 11 is 0. The number of amides is 2. The first-order valence-corrected chi connectivity index (χ1v) is 11.6. The fourth-order valence-corrected chi connectivity index (χ4v) is 4.29. The largest absolute Gasteiger partial charge is 0.481 e. The van der Waals surface area contributed by atoms with Crippen molar-refractivity contribution in [1.82, 2.24) is 14.5 Å². The summed E-state index contributed by atoms with van der Waals surface area (Å²) in [7, 11) is -3.68. The van der Waals surface area contributed by atoms with E-state index in [1.807, 2.05) is 13.8 Å². The lowest BCUT2D eigenvalue weighted by Gasteiger charge is -2.33. The number of hydrogen-bond donors (Lipinski definition) is 1. The molecular formula is C20H31N3O6S. The molecule has 1 aliphatic heterocycles. The highest BCUT2D eigenvalue weighted by Gasteiger charge is 2.30. The fourth-order valence-electron chi connectivity index (χ4n) is 2.87. The highest BCUT2D eigenvalue weighted by atomic mass is 32.2. The summed E-state index contributed by atoms with van der Waals surface area (Å²) in [4.78, 5) is 25.4. The van der Waals surface area contributed by atoms with Crippen LogP contribution < -0.4 is 10.1 Å². The summed E-state index contributed by atoms with van der Waals surface area (Å²) in [5.41, 5.74) is 0. The molecule has 168 valence electrons. The van der Waals surface area contributed by atoms with Gasteiger partial charge in [0.05, 0.1) is 11.5 Å². The quantitative estimate of drug-likeness (QED) is 0.658. The van der Waals surface area contributed by atoms with E-state index < -0.39 is 22.2 Å². The van der Waals surface area contributed by atoms with Gasteiger partial charge < -0.3 is 19.7 Å². The number of carbonyl (C=O) groups excluding carboxylic acids is 2. The summed E-state index contributed by atoms with van der Waals surface area (Å²) in [6, 6.07) is 5.99. The van der Waals surface area contributed by atoms with E-state index >= 15 is 0 Å². The van der Waals surface area contributed by atoms with Gasteiger partial charge in [0.15, 0.2) is 6.10 Å². The standard InChI is InChI=1S/C20H31N3O6S/c1-5-28-20(25)22-10-12-23(13-11-22)30(26,27)18-8-6-17(7-9-18)29-16(4)19(24)21-14-15(2)3/h6-9,15-16H,5,10-14H2,1-4H3,(H,21,24)/t16-/m0/s1. The van der Waals surface area contributed by atoms with Gasteiger partial charge in [0.2, 0.25) is 10.0 Å². The van der Waals surface area contributed by atoms with Crippen molar-refractivity contribution >= 4 is 22.0 Å². The number of ether oxygens (including phenoxy) is 2. The third-order valence-electron chi connectivity index (χ3n) is 4.59. The minimum Gasteiger partial charge on any atom is -0.481 e. The summed E-state index contributed by atoms with van der Waals surface area (Å²) in [6.07, 6.45) is -1.12. The minimum absolute atomic E-state index is 0.136. The van der Waals surface area contributed by atoms with E-state index in [-0.39, 0.29) is 43.6 Å². The second-order valence-electron chi connectivity index (χ2n) is 7.46. The van der Waals surface area contributed by atoms with Crippen LogP contribution in [0.15, 0.2) is 29.2 Å². The second kappa shape index (κ2) is 10.6. The molecule has 0 radical (unpaired) electrons. The molecule has 10 heteroatoms. The Hall–Kier alpha value is -2.33. The Bertz CT molecular complexity index is 817. The highest BCUT2D eigenvalue weighted by molar-refractivity contribution is 7.89. The molecule has 2 amide bonds. The van der Waals surface area contributed by atoms with Crippen molar-refractivity contribution < 1.29 is 27.5 Å². The molecule has 1 aromatic rings. The van der Waals surface area contributed by atoms with Crippen molar-refractivity contribution in [2.45, 2.75) is 38.7 Å². The number of nitrogens with zero attached hydrogens (tertiary/aromatic N) is 2. The third-order valence-corrected chi connectivity index (χ3v) is 6.51. The maximum Gasteiger partial charge on any atom is 0.409 e. The molecule has 1 saturated heterocycles. The number of hydrogen-bond acceptors (Lipinski definition) is 6. The Labute approximate surface area is 178 Å². The van der Waals surface area contributed by atoms with Crippen LogP contribution in [0.25, 0.3) is 0 Å². The molecule has 0 spiro atoms. The van der Waals surface area contributed by atoms with Crippen LogP contribution in [0, 0.1) is 5.92 Å². The average molecular weight is 442 g/mol. The van der Waals surface area contributed by atoms with Crippen molar-refractivity contribution in [1.29, 1.82) is 0 Å². The van der Waals surface area contributed by atoms with Gasteiger partial charge in [0.1, 0.15) is 5.75 Å². The van der Waals surface area contributed by atoms with Crippen LogP contribution in [0.3, 0.4) is 0 Å². The highest BCUT2D eigenvalue weighted by Crippen LogP contribution is 2.21. The third kappa shape index (κ3) is 6.33. The first-order chi connectivity index (χ1) is 14.1. The molecule has 0 bridgehead atoms. The number of sulfonamides is 1. The van der Waals surface area contributed by atoms with E-state index in [1.54, 1.807) is 13.8 Å². The van der Waals surface area contributed by atoms with Gasteiger partial charge in [0, 0.05) is 32.7 Å². The minimum atomic E-state index is -3.68. The van der Waals surface area contributed by atoms with E-state index in [2.05, 4.69) is 5.32 Å². The molecule has 1 aromatic carbocycles. The first-order valence-electron chi connectivity index (χ1n) is 10.1. The van der Waals surface area contributed by atoms with Crippen LogP contribution in [-0.2, 0) is 19.6 Å². The molecule has 1 aliphatic rings. The van der Waals surface area contributed by atoms with Crippen molar-refractivity contribution in [3.63, 3.8) is 0 Å². The van der Waals surface area contributed by atoms with E-state index in [1.165, 1.54) is 33.5 Å². The lowest BCUT2D eigenvalue weighted by atomic mass is 10.2. The van der Waals surface area contributed by atoms with Gasteiger partial charge in [-0.1, -0.05) is 13.8 Å². The van der Waals surface area contributed by atoms with Gasteiger partial charge >= 0.3 is 6.09 Å². The molecule has 0 aromatic heterocycles. The zero-order valence-electron chi connectivity index (χ0n) is 18.0. The Morgan fingerprint density at radius 2 is 1.67 bits per heavy atom. The molecule has 2 rings (SSSR count). The average Bonchev–Trinajstić information content (AvgIpc) is 2.72. The monoisotopic (exact) mass is 441 g/mol. The molecule has 0 aliphatic carbocycles.